The number of carbonyl (C=O) groups excluding carboxylic acids is 1. The van der Waals surface area contributed by atoms with Gasteiger partial charge in [-0.05, 0) is 29.8 Å². The summed E-state index contributed by atoms with van der Waals surface area (Å²) in [5, 5.41) is 10.0. The first-order valence-corrected chi connectivity index (χ1v) is 8.05. The number of nitriles is 1. The van der Waals surface area contributed by atoms with Gasteiger partial charge in [-0.3, -0.25) is 4.79 Å². The highest BCUT2D eigenvalue weighted by Gasteiger charge is 2.39. The van der Waals surface area contributed by atoms with Crippen LogP contribution in [0.25, 0.3) is 10.9 Å². The molecule has 2 aromatic carbocycles. The Morgan fingerprint density at radius 3 is 2.83 bits per heavy atom. The summed E-state index contributed by atoms with van der Waals surface area (Å²) in [6.07, 6.45) is 0. The number of hydrogen-bond donors (Lipinski definition) is 1. The molecular formula is C19H12BrN2O. The van der Waals surface area contributed by atoms with E-state index in [2.05, 4.69) is 46.9 Å². The fraction of sp³-hybridized carbons (Fsp3) is 0.158. The molecule has 0 bridgehead atoms. The van der Waals surface area contributed by atoms with Crippen LogP contribution >= 0.6 is 15.9 Å². The van der Waals surface area contributed by atoms with Gasteiger partial charge in [-0.2, -0.15) is 5.26 Å². The Kier molecular flexibility index (Phi) is 2.82. The highest BCUT2D eigenvalue weighted by atomic mass is 79.9. The van der Waals surface area contributed by atoms with Crippen molar-refractivity contribution < 1.29 is 4.79 Å². The average Bonchev–Trinajstić information content (AvgIpc) is 2.92. The SMILES string of the molecule is CC1(C)c2c[c]c(C#N)cc2C(=O)c2c1[nH]c1cc(Br)ccc21. The normalized spacial score (nSPS) is 15.1. The Morgan fingerprint density at radius 2 is 2.09 bits per heavy atom. The molecule has 0 spiro atoms. The number of aromatic amines is 1. The van der Waals surface area contributed by atoms with E-state index in [-0.39, 0.29) is 11.2 Å². The number of rotatable bonds is 0. The molecule has 0 fully saturated rings. The second-order valence-corrected chi connectivity index (χ2v) is 7.22. The maximum absolute atomic E-state index is 13.1. The van der Waals surface area contributed by atoms with Crippen LogP contribution in [0.15, 0.2) is 34.8 Å². The lowest BCUT2D eigenvalue weighted by molar-refractivity contribution is 0.103. The molecule has 0 saturated carbocycles. The second kappa shape index (κ2) is 4.56. The van der Waals surface area contributed by atoms with Crippen molar-refractivity contribution in [1.82, 2.24) is 4.98 Å². The molecule has 0 aliphatic heterocycles. The third-order valence-electron chi connectivity index (χ3n) is 4.60. The molecule has 1 radical (unpaired) electrons. The predicted octanol–water partition coefficient (Wildman–Crippen LogP) is 4.47. The molecule has 1 aliphatic carbocycles. The molecule has 0 unspecified atom stereocenters. The number of nitrogens with zero attached hydrogens (tertiary/aromatic N) is 1. The fourth-order valence-corrected chi connectivity index (χ4v) is 3.77. The second-order valence-electron chi connectivity index (χ2n) is 6.30. The van der Waals surface area contributed by atoms with Crippen LogP contribution in [-0.4, -0.2) is 10.8 Å². The third-order valence-corrected chi connectivity index (χ3v) is 5.10. The molecule has 1 aliphatic rings. The van der Waals surface area contributed by atoms with Gasteiger partial charge in [0.15, 0.2) is 5.78 Å². The van der Waals surface area contributed by atoms with Crippen molar-refractivity contribution in [2.24, 2.45) is 0 Å². The van der Waals surface area contributed by atoms with Gasteiger partial charge < -0.3 is 4.98 Å². The summed E-state index contributed by atoms with van der Waals surface area (Å²) in [6.45, 7) is 4.17. The molecule has 111 valence electrons. The maximum atomic E-state index is 13.1. The van der Waals surface area contributed by atoms with Gasteiger partial charge in [-0.1, -0.05) is 35.8 Å². The first-order valence-electron chi connectivity index (χ1n) is 7.26. The van der Waals surface area contributed by atoms with Gasteiger partial charge in [0, 0.05) is 38.1 Å². The van der Waals surface area contributed by atoms with Crippen molar-refractivity contribution in [1.29, 1.82) is 5.26 Å². The van der Waals surface area contributed by atoms with Crippen LogP contribution in [-0.2, 0) is 5.41 Å². The fourth-order valence-electron chi connectivity index (χ4n) is 3.40. The topological polar surface area (TPSA) is 56.6 Å². The first kappa shape index (κ1) is 14.2. The summed E-state index contributed by atoms with van der Waals surface area (Å²) in [4.78, 5) is 16.5. The Bertz CT molecular complexity index is 1040. The Morgan fingerprint density at radius 1 is 1.30 bits per heavy atom. The van der Waals surface area contributed by atoms with Crippen molar-refractivity contribution in [2.75, 3.05) is 0 Å². The number of aromatic nitrogens is 1. The van der Waals surface area contributed by atoms with Crippen LogP contribution in [0.4, 0.5) is 0 Å². The molecule has 3 aromatic rings. The summed E-state index contributed by atoms with van der Waals surface area (Å²) in [5.74, 6) is -0.0339. The van der Waals surface area contributed by atoms with Crippen LogP contribution in [0.3, 0.4) is 0 Å². The van der Waals surface area contributed by atoms with E-state index in [1.807, 2.05) is 18.2 Å². The molecule has 0 atom stereocenters. The standard InChI is InChI=1S/C19H12BrN2O/c1-19(2)14-6-3-10(9-21)7-13(14)17(23)16-12-5-4-11(20)8-15(12)22-18(16)19/h4-8,22H,1-2H3. The summed E-state index contributed by atoms with van der Waals surface area (Å²) < 4.78 is 0.964. The van der Waals surface area contributed by atoms with E-state index in [9.17, 15) is 4.79 Å². The lowest BCUT2D eigenvalue weighted by Gasteiger charge is -2.32. The molecule has 1 aromatic heterocycles. The lowest BCUT2D eigenvalue weighted by atomic mass is 9.71. The van der Waals surface area contributed by atoms with Crippen LogP contribution in [0.2, 0.25) is 0 Å². The van der Waals surface area contributed by atoms with Crippen LogP contribution in [0.1, 0.15) is 46.6 Å². The number of carbonyl (C=O) groups is 1. The van der Waals surface area contributed by atoms with E-state index in [0.29, 0.717) is 16.7 Å². The van der Waals surface area contributed by atoms with Crippen molar-refractivity contribution in [3.05, 3.63) is 68.8 Å². The summed E-state index contributed by atoms with van der Waals surface area (Å²) in [7, 11) is 0. The number of nitrogens with one attached hydrogen (secondary N) is 1. The number of fused-ring (bicyclic) bond motifs is 4. The molecule has 3 nitrogen and oxygen atoms in total. The Labute approximate surface area is 142 Å². The van der Waals surface area contributed by atoms with Crippen molar-refractivity contribution in [3.63, 3.8) is 0 Å². The number of halogens is 1. The van der Waals surface area contributed by atoms with Gasteiger partial charge in [-0.15, -0.1) is 0 Å². The zero-order chi connectivity index (χ0) is 16.4. The van der Waals surface area contributed by atoms with Gasteiger partial charge in [0.1, 0.15) is 0 Å². The number of benzene rings is 2. The predicted molar refractivity (Wildman–Crippen MR) is 91.6 cm³/mol. The molecule has 0 amide bonds. The first-order chi connectivity index (χ1) is 10.9. The minimum Gasteiger partial charge on any atom is -0.357 e. The Hall–Kier alpha value is -2.38. The minimum atomic E-state index is -0.353. The summed E-state index contributed by atoms with van der Waals surface area (Å²) in [5.41, 5.74) is 4.10. The quantitative estimate of drug-likeness (QED) is 0.640. The molecule has 23 heavy (non-hydrogen) atoms. The van der Waals surface area contributed by atoms with Crippen LogP contribution in [0, 0.1) is 17.4 Å². The van der Waals surface area contributed by atoms with Crippen LogP contribution < -0.4 is 0 Å². The zero-order valence-electron chi connectivity index (χ0n) is 12.6. The third kappa shape index (κ3) is 1.83. The minimum absolute atomic E-state index is 0.0339. The van der Waals surface area contributed by atoms with Gasteiger partial charge in [-0.25, -0.2) is 0 Å². The average molecular weight is 364 g/mol. The smallest absolute Gasteiger partial charge is 0.195 e. The van der Waals surface area contributed by atoms with Gasteiger partial charge in [0.2, 0.25) is 0 Å². The largest absolute Gasteiger partial charge is 0.357 e. The Balaban J connectivity index is 2.10. The number of hydrogen-bond acceptors (Lipinski definition) is 2. The highest BCUT2D eigenvalue weighted by Crippen LogP contribution is 2.43. The molecule has 4 heteroatoms. The number of H-pyrrole nitrogens is 1. The monoisotopic (exact) mass is 363 g/mol. The van der Waals surface area contributed by atoms with Crippen molar-refractivity contribution >= 4 is 32.6 Å². The van der Waals surface area contributed by atoms with E-state index < -0.39 is 0 Å². The van der Waals surface area contributed by atoms with Gasteiger partial charge >= 0.3 is 0 Å². The molecular weight excluding hydrogens is 352 g/mol. The lowest BCUT2D eigenvalue weighted by Crippen LogP contribution is -2.30. The van der Waals surface area contributed by atoms with E-state index >= 15 is 0 Å². The summed E-state index contributed by atoms with van der Waals surface area (Å²) in [6, 6.07) is 14.3. The van der Waals surface area contributed by atoms with E-state index in [1.54, 1.807) is 12.1 Å². The van der Waals surface area contributed by atoms with E-state index in [1.165, 1.54) is 0 Å². The molecule has 1 N–H and O–H groups in total. The molecule has 0 saturated heterocycles. The van der Waals surface area contributed by atoms with Gasteiger partial charge in [0.05, 0.1) is 17.2 Å². The number of ketones is 1. The van der Waals surface area contributed by atoms with Crippen LogP contribution in [0.5, 0.6) is 0 Å². The zero-order valence-corrected chi connectivity index (χ0v) is 14.2. The van der Waals surface area contributed by atoms with Crippen molar-refractivity contribution in [2.45, 2.75) is 19.3 Å². The van der Waals surface area contributed by atoms with Crippen molar-refractivity contribution in [3.8, 4) is 6.07 Å². The molecule has 4 rings (SSSR count). The highest BCUT2D eigenvalue weighted by molar-refractivity contribution is 9.10. The van der Waals surface area contributed by atoms with E-state index in [0.717, 1.165) is 26.6 Å². The van der Waals surface area contributed by atoms with E-state index in [4.69, 9.17) is 5.26 Å². The summed E-state index contributed by atoms with van der Waals surface area (Å²) >= 11 is 3.47. The molecule has 1 heterocycles. The van der Waals surface area contributed by atoms with Gasteiger partial charge in [0.25, 0.3) is 0 Å². The maximum Gasteiger partial charge on any atom is 0.195 e.